The first-order valence-electron chi connectivity index (χ1n) is 8.40. The van der Waals surface area contributed by atoms with Gasteiger partial charge in [0.2, 0.25) is 0 Å². The third kappa shape index (κ3) is 2.80. The molecule has 2 fully saturated rings. The molecule has 0 radical (unpaired) electrons. The average Bonchev–Trinajstić information content (AvgIpc) is 3.29. The largest absolute Gasteiger partial charge is 0.480 e. The second kappa shape index (κ2) is 6.19. The summed E-state index contributed by atoms with van der Waals surface area (Å²) in [6, 6.07) is 8.05. The number of hydrogen-bond acceptors (Lipinski definition) is 3. The highest BCUT2D eigenvalue weighted by Gasteiger charge is 2.49. The first-order chi connectivity index (χ1) is 12.0. The van der Waals surface area contributed by atoms with E-state index in [9.17, 15) is 14.7 Å². The maximum absolute atomic E-state index is 12.9. The molecule has 7 heteroatoms. The molecule has 1 saturated heterocycles. The summed E-state index contributed by atoms with van der Waals surface area (Å²) in [5.74, 6) is -0.879. The Morgan fingerprint density at radius 3 is 2.84 bits per heavy atom. The number of carbonyl (C=O) groups is 2. The molecule has 1 aliphatic heterocycles. The molecule has 25 heavy (non-hydrogen) atoms. The Kier molecular flexibility index (Phi) is 4.00. The van der Waals surface area contributed by atoms with E-state index in [1.54, 1.807) is 29.1 Å². The minimum absolute atomic E-state index is 0.0662. The zero-order valence-electron chi connectivity index (χ0n) is 13.5. The van der Waals surface area contributed by atoms with Crippen LogP contribution in [0.3, 0.4) is 0 Å². The summed E-state index contributed by atoms with van der Waals surface area (Å²) >= 11 is 5.99. The maximum Gasteiger partial charge on any atom is 0.326 e. The average molecular weight is 360 g/mol. The van der Waals surface area contributed by atoms with E-state index < -0.39 is 12.0 Å². The normalized spacial score (nSPS) is 25.2. The lowest BCUT2D eigenvalue weighted by molar-refractivity contribution is -0.142. The van der Waals surface area contributed by atoms with Crippen molar-refractivity contribution < 1.29 is 14.7 Å². The third-order valence-corrected chi connectivity index (χ3v) is 5.52. The van der Waals surface area contributed by atoms with E-state index in [1.807, 2.05) is 12.1 Å². The van der Waals surface area contributed by atoms with E-state index in [4.69, 9.17) is 11.6 Å². The van der Waals surface area contributed by atoms with Gasteiger partial charge in [0.25, 0.3) is 5.91 Å². The first-order valence-corrected chi connectivity index (χ1v) is 8.78. The molecule has 1 saturated carbocycles. The van der Waals surface area contributed by atoms with Gasteiger partial charge in [0.15, 0.2) is 5.69 Å². The first kappa shape index (κ1) is 16.1. The van der Waals surface area contributed by atoms with Gasteiger partial charge >= 0.3 is 5.97 Å². The fraction of sp³-hybridized carbons (Fsp3) is 0.389. The fourth-order valence-corrected chi connectivity index (χ4v) is 4.36. The summed E-state index contributed by atoms with van der Waals surface area (Å²) in [5.41, 5.74) is 1.01. The van der Waals surface area contributed by atoms with E-state index in [2.05, 4.69) is 5.10 Å². The lowest BCUT2D eigenvalue weighted by Crippen LogP contribution is -2.43. The quantitative estimate of drug-likeness (QED) is 0.914. The van der Waals surface area contributed by atoms with Crippen LogP contribution in [0.1, 0.15) is 29.8 Å². The SMILES string of the molecule is O=C(O)C1C2CCCC2CN1C(=O)c1ccn(-c2cccc(Cl)c2)n1. The standard InChI is InChI=1S/C18H18ClN3O3/c19-12-4-2-5-13(9-12)22-8-7-15(20-22)17(23)21-10-11-3-1-6-14(11)16(21)18(24)25/h2,4-5,7-9,11,14,16H,1,3,6,10H2,(H,24,25). The van der Waals surface area contributed by atoms with Crippen LogP contribution in [-0.4, -0.2) is 44.3 Å². The molecular formula is C18H18ClN3O3. The van der Waals surface area contributed by atoms with Gasteiger partial charge in [-0.2, -0.15) is 5.10 Å². The van der Waals surface area contributed by atoms with Gasteiger partial charge in [-0.25, -0.2) is 9.48 Å². The minimum Gasteiger partial charge on any atom is -0.480 e. The number of benzene rings is 1. The number of hydrogen-bond donors (Lipinski definition) is 1. The minimum atomic E-state index is -0.919. The van der Waals surface area contributed by atoms with E-state index in [-0.39, 0.29) is 17.5 Å². The van der Waals surface area contributed by atoms with Gasteiger partial charge in [-0.05, 0) is 48.9 Å². The van der Waals surface area contributed by atoms with Crippen LogP contribution in [0, 0.1) is 11.8 Å². The van der Waals surface area contributed by atoms with Crippen molar-refractivity contribution in [2.75, 3.05) is 6.54 Å². The molecule has 0 spiro atoms. The van der Waals surface area contributed by atoms with Crippen LogP contribution < -0.4 is 0 Å². The van der Waals surface area contributed by atoms with Crippen LogP contribution in [0.25, 0.3) is 5.69 Å². The van der Waals surface area contributed by atoms with Gasteiger partial charge in [-0.1, -0.05) is 24.1 Å². The number of fused-ring (bicyclic) bond motifs is 1. The number of carboxylic acid groups (broad SMARTS) is 1. The highest BCUT2D eigenvalue weighted by Crippen LogP contribution is 2.42. The van der Waals surface area contributed by atoms with Crippen LogP contribution in [0.5, 0.6) is 0 Å². The molecule has 0 bridgehead atoms. The van der Waals surface area contributed by atoms with Gasteiger partial charge in [-0.15, -0.1) is 0 Å². The number of aliphatic carboxylic acids is 1. The molecule has 1 N–H and O–H groups in total. The summed E-state index contributed by atoms with van der Waals surface area (Å²) in [7, 11) is 0. The van der Waals surface area contributed by atoms with Crippen molar-refractivity contribution in [3.63, 3.8) is 0 Å². The van der Waals surface area contributed by atoms with Crippen LogP contribution >= 0.6 is 11.6 Å². The van der Waals surface area contributed by atoms with Crippen molar-refractivity contribution >= 4 is 23.5 Å². The fourth-order valence-electron chi connectivity index (χ4n) is 4.18. The maximum atomic E-state index is 12.9. The molecule has 1 aromatic heterocycles. The Morgan fingerprint density at radius 1 is 1.24 bits per heavy atom. The number of carbonyl (C=O) groups excluding carboxylic acids is 1. The molecule has 3 unspecified atom stereocenters. The summed E-state index contributed by atoms with van der Waals surface area (Å²) in [4.78, 5) is 26.1. The molecule has 6 nitrogen and oxygen atoms in total. The molecule has 2 heterocycles. The highest BCUT2D eigenvalue weighted by molar-refractivity contribution is 6.30. The van der Waals surface area contributed by atoms with Crippen LogP contribution in [-0.2, 0) is 4.79 Å². The Hall–Kier alpha value is -2.34. The zero-order valence-corrected chi connectivity index (χ0v) is 14.3. The summed E-state index contributed by atoms with van der Waals surface area (Å²) in [5, 5.41) is 14.5. The van der Waals surface area contributed by atoms with Gasteiger partial charge in [0.1, 0.15) is 6.04 Å². The molecular weight excluding hydrogens is 342 g/mol. The highest BCUT2D eigenvalue weighted by atomic mass is 35.5. The molecule has 2 aromatic rings. The van der Waals surface area contributed by atoms with Crippen LogP contribution in [0.2, 0.25) is 5.02 Å². The Bertz CT molecular complexity index is 834. The predicted molar refractivity (Wildman–Crippen MR) is 91.9 cm³/mol. The van der Waals surface area contributed by atoms with Crippen molar-refractivity contribution in [3.05, 3.63) is 47.2 Å². The van der Waals surface area contributed by atoms with E-state index >= 15 is 0 Å². The van der Waals surface area contributed by atoms with E-state index in [0.29, 0.717) is 17.5 Å². The summed E-state index contributed by atoms with van der Waals surface area (Å²) in [6.45, 7) is 0.504. The number of likely N-dealkylation sites (tertiary alicyclic amines) is 1. The topological polar surface area (TPSA) is 75.4 Å². The van der Waals surface area contributed by atoms with Crippen molar-refractivity contribution in [2.24, 2.45) is 11.8 Å². The molecule has 4 rings (SSSR count). The number of nitrogens with zero attached hydrogens (tertiary/aromatic N) is 3. The number of halogens is 1. The second-order valence-corrected chi connectivity index (χ2v) is 7.16. The number of carboxylic acids is 1. The molecule has 1 amide bonds. The van der Waals surface area contributed by atoms with Crippen LogP contribution in [0.15, 0.2) is 36.5 Å². The van der Waals surface area contributed by atoms with Gasteiger partial charge < -0.3 is 10.0 Å². The van der Waals surface area contributed by atoms with Crippen molar-refractivity contribution in [1.82, 2.24) is 14.7 Å². The van der Waals surface area contributed by atoms with Gasteiger partial charge in [0.05, 0.1) is 5.69 Å². The number of aromatic nitrogens is 2. The zero-order chi connectivity index (χ0) is 17.6. The number of amides is 1. The third-order valence-electron chi connectivity index (χ3n) is 5.29. The Balaban J connectivity index is 1.60. The summed E-state index contributed by atoms with van der Waals surface area (Å²) in [6.07, 6.45) is 4.60. The monoisotopic (exact) mass is 359 g/mol. The predicted octanol–water partition coefficient (Wildman–Crippen LogP) is 2.85. The molecule has 2 aliphatic rings. The molecule has 1 aliphatic carbocycles. The summed E-state index contributed by atoms with van der Waals surface area (Å²) < 4.78 is 1.58. The van der Waals surface area contributed by atoms with Crippen molar-refractivity contribution in [2.45, 2.75) is 25.3 Å². The van der Waals surface area contributed by atoms with Crippen LogP contribution in [0.4, 0.5) is 0 Å². The van der Waals surface area contributed by atoms with Gasteiger partial charge in [-0.3, -0.25) is 4.79 Å². The van der Waals surface area contributed by atoms with E-state index in [0.717, 1.165) is 24.9 Å². The molecule has 130 valence electrons. The second-order valence-electron chi connectivity index (χ2n) is 6.72. The lowest BCUT2D eigenvalue weighted by Gasteiger charge is -2.23. The van der Waals surface area contributed by atoms with Crippen molar-refractivity contribution in [3.8, 4) is 5.69 Å². The Labute approximate surface area is 150 Å². The number of rotatable bonds is 3. The lowest BCUT2D eigenvalue weighted by atomic mass is 9.94. The Morgan fingerprint density at radius 2 is 2.08 bits per heavy atom. The van der Waals surface area contributed by atoms with Gasteiger partial charge in [0, 0.05) is 17.8 Å². The smallest absolute Gasteiger partial charge is 0.326 e. The van der Waals surface area contributed by atoms with E-state index in [1.165, 1.54) is 4.90 Å². The van der Waals surface area contributed by atoms with Crippen molar-refractivity contribution in [1.29, 1.82) is 0 Å². The molecule has 1 aromatic carbocycles. The molecule has 3 atom stereocenters.